The maximum atomic E-state index is 12.2. The molecule has 2 aromatic rings. The predicted octanol–water partition coefficient (Wildman–Crippen LogP) is 3.77. The topological polar surface area (TPSA) is 35.6 Å². The molecule has 1 aliphatic heterocycles. The van der Waals surface area contributed by atoms with E-state index in [-0.39, 0.29) is 5.91 Å². The molecular weight excluding hydrogens is 330 g/mol. The third kappa shape index (κ3) is 5.06. The second kappa shape index (κ2) is 8.50. The maximum absolute atomic E-state index is 12.2. The van der Waals surface area contributed by atoms with Gasteiger partial charge >= 0.3 is 0 Å². The van der Waals surface area contributed by atoms with Crippen LogP contribution >= 0.6 is 11.3 Å². The molecule has 1 saturated heterocycles. The Morgan fingerprint density at radius 2 is 2.00 bits per heavy atom. The van der Waals surface area contributed by atoms with Gasteiger partial charge in [0.2, 0.25) is 5.91 Å². The molecule has 0 aliphatic carbocycles. The number of hydrogen-bond acceptors (Lipinski definition) is 4. The lowest BCUT2D eigenvalue weighted by Gasteiger charge is -2.35. The zero-order valence-corrected chi connectivity index (χ0v) is 15.9. The number of piperazine rings is 1. The van der Waals surface area contributed by atoms with Crippen LogP contribution in [0, 0.1) is 6.92 Å². The van der Waals surface area contributed by atoms with E-state index in [0.29, 0.717) is 6.42 Å². The lowest BCUT2D eigenvalue weighted by molar-refractivity contribution is -0.116. The van der Waals surface area contributed by atoms with Crippen LogP contribution in [-0.2, 0) is 11.2 Å². The van der Waals surface area contributed by atoms with Crippen molar-refractivity contribution in [3.63, 3.8) is 0 Å². The Bertz CT molecular complexity index is 691. The first kappa shape index (κ1) is 18.0. The van der Waals surface area contributed by atoms with E-state index in [2.05, 4.69) is 58.7 Å². The van der Waals surface area contributed by atoms with Crippen molar-refractivity contribution in [3.8, 4) is 0 Å². The monoisotopic (exact) mass is 357 g/mol. The normalized spacial score (nSPS) is 15.4. The second-order valence-electron chi connectivity index (χ2n) is 6.77. The molecule has 0 radical (unpaired) electrons. The first-order valence-electron chi connectivity index (χ1n) is 8.98. The summed E-state index contributed by atoms with van der Waals surface area (Å²) in [7, 11) is 2.17. The highest BCUT2D eigenvalue weighted by Crippen LogP contribution is 2.25. The Labute approximate surface area is 154 Å². The molecule has 134 valence electrons. The van der Waals surface area contributed by atoms with Crippen molar-refractivity contribution in [2.45, 2.75) is 26.2 Å². The van der Waals surface area contributed by atoms with Gasteiger partial charge in [-0.05, 0) is 62.0 Å². The van der Waals surface area contributed by atoms with Crippen LogP contribution in [0.3, 0.4) is 0 Å². The predicted molar refractivity (Wildman–Crippen MR) is 107 cm³/mol. The van der Waals surface area contributed by atoms with Crippen molar-refractivity contribution in [2.24, 2.45) is 0 Å². The fourth-order valence-corrected chi connectivity index (χ4v) is 3.99. The van der Waals surface area contributed by atoms with Gasteiger partial charge in [-0.1, -0.05) is 6.07 Å². The Morgan fingerprint density at radius 3 is 2.68 bits per heavy atom. The summed E-state index contributed by atoms with van der Waals surface area (Å²) >= 11 is 1.76. The minimum absolute atomic E-state index is 0.100. The van der Waals surface area contributed by atoms with Gasteiger partial charge in [0, 0.05) is 48.9 Å². The molecule has 4 nitrogen and oxygen atoms in total. The minimum atomic E-state index is 0.100. The molecule has 1 aromatic heterocycles. The van der Waals surface area contributed by atoms with Crippen LogP contribution in [0.25, 0.3) is 0 Å². The zero-order valence-electron chi connectivity index (χ0n) is 15.1. The summed E-state index contributed by atoms with van der Waals surface area (Å²) in [5.41, 5.74) is 3.40. The van der Waals surface area contributed by atoms with Crippen LogP contribution in [-0.4, -0.2) is 44.0 Å². The number of nitrogens with zero attached hydrogens (tertiary/aromatic N) is 2. The smallest absolute Gasteiger partial charge is 0.224 e. The summed E-state index contributed by atoms with van der Waals surface area (Å²) in [5.74, 6) is 0.100. The van der Waals surface area contributed by atoms with Gasteiger partial charge in [0.05, 0.1) is 0 Å². The fraction of sp³-hybridized carbons (Fsp3) is 0.450. The minimum Gasteiger partial charge on any atom is -0.369 e. The van der Waals surface area contributed by atoms with Crippen LogP contribution in [0.5, 0.6) is 0 Å². The summed E-state index contributed by atoms with van der Waals surface area (Å²) < 4.78 is 0. The van der Waals surface area contributed by atoms with Crippen LogP contribution in [0.1, 0.15) is 23.3 Å². The van der Waals surface area contributed by atoms with E-state index in [1.807, 2.05) is 6.07 Å². The number of nitrogens with one attached hydrogen (secondary N) is 1. The number of hydrogen-bond donors (Lipinski definition) is 1. The highest BCUT2D eigenvalue weighted by molar-refractivity contribution is 7.09. The van der Waals surface area contributed by atoms with Gasteiger partial charge in [-0.2, -0.15) is 0 Å². The molecule has 1 fully saturated rings. The van der Waals surface area contributed by atoms with Gasteiger partial charge in [0.25, 0.3) is 0 Å². The highest BCUT2D eigenvalue weighted by atomic mass is 32.1. The summed E-state index contributed by atoms with van der Waals surface area (Å²) in [6.07, 6.45) is 2.44. The third-order valence-electron chi connectivity index (χ3n) is 4.73. The van der Waals surface area contributed by atoms with Crippen molar-refractivity contribution < 1.29 is 4.79 Å². The number of anilines is 2. The molecule has 5 heteroatoms. The molecular formula is C20H27N3OS. The van der Waals surface area contributed by atoms with E-state index < -0.39 is 0 Å². The van der Waals surface area contributed by atoms with Gasteiger partial charge in [0.15, 0.2) is 0 Å². The molecule has 1 N–H and O–H groups in total. The maximum Gasteiger partial charge on any atom is 0.224 e. The standard InChI is InChI=1S/C20H27N3OS/c1-16-15-17(8-9-19(16)23-12-10-22(2)11-13-23)21-20(24)7-3-5-18-6-4-14-25-18/h4,6,8-9,14-15H,3,5,7,10-13H2,1-2H3,(H,21,24). The van der Waals surface area contributed by atoms with Crippen molar-refractivity contribution in [2.75, 3.05) is 43.4 Å². The summed E-state index contributed by atoms with van der Waals surface area (Å²) in [5, 5.41) is 5.12. The van der Waals surface area contributed by atoms with E-state index in [4.69, 9.17) is 0 Å². The van der Waals surface area contributed by atoms with Gasteiger partial charge in [-0.25, -0.2) is 0 Å². The van der Waals surface area contributed by atoms with Crippen molar-refractivity contribution in [3.05, 3.63) is 46.2 Å². The molecule has 1 amide bonds. The van der Waals surface area contributed by atoms with Gasteiger partial charge in [0.1, 0.15) is 0 Å². The van der Waals surface area contributed by atoms with Gasteiger partial charge < -0.3 is 15.1 Å². The van der Waals surface area contributed by atoms with E-state index in [1.165, 1.54) is 16.1 Å². The number of carbonyl (C=O) groups is 1. The molecule has 25 heavy (non-hydrogen) atoms. The van der Waals surface area contributed by atoms with E-state index in [1.54, 1.807) is 11.3 Å². The van der Waals surface area contributed by atoms with E-state index in [0.717, 1.165) is 44.7 Å². The average molecular weight is 358 g/mol. The Morgan fingerprint density at radius 1 is 1.20 bits per heavy atom. The lowest BCUT2D eigenvalue weighted by atomic mass is 10.1. The van der Waals surface area contributed by atoms with Crippen molar-refractivity contribution in [1.29, 1.82) is 0 Å². The number of amides is 1. The summed E-state index contributed by atoms with van der Waals surface area (Å²) in [6, 6.07) is 10.4. The van der Waals surface area contributed by atoms with Crippen LogP contribution in [0.2, 0.25) is 0 Å². The quantitative estimate of drug-likeness (QED) is 0.855. The number of aryl methyl sites for hydroxylation is 2. The number of carbonyl (C=O) groups excluding carboxylic acids is 1. The molecule has 1 aromatic carbocycles. The van der Waals surface area contributed by atoms with Crippen molar-refractivity contribution >= 4 is 28.6 Å². The van der Waals surface area contributed by atoms with Gasteiger partial charge in [-0.3, -0.25) is 4.79 Å². The SMILES string of the molecule is Cc1cc(NC(=O)CCCc2cccs2)ccc1N1CCN(C)CC1. The molecule has 2 heterocycles. The average Bonchev–Trinajstić information content (AvgIpc) is 3.09. The van der Waals surface area contributed by atoms with Crippen LogP contribution in [0.4, 0.5) is 11.4 Å². The first-order chi connectivity index (χ1) is 12.1. The number of likely N-dealkylation sites (N-methyl/N-ethyl adjacent to an activating group) is 1. The second-order valence-corrected chi connectivity index (χ2v) is 7.80. The Balaban J connectivity index is 1.51. The van der Waals surface area contributed by atoms with Crippen molar-refractivity contribution in [1.82, 2.24) is 4.90 Å². The molecule has 1 aliphatic rings. The third-order valence-corrected chi connectivity index (χ3v) is 5.67. The summed E-state index contributed by atoms with van der Waals surface area (Å²) in [4.78, 5) is 18.3. The molecule has 0 spiro atoms. The first-order valence-corrected chi connectivity index (χ1v) is 9.86. The molecule has 3 rings (SSSR count). The zero-order chi connectivity index (χ0) is 17.6. The number of benzene rings is 1. The summed E-state index contributed by atoms with van der Waals surface area (Å²) in [6.45, 7) is 6.45. The number of rotatable bonds is 6. The number of thiophene rings is 1. The van der Waals surface area contributed by atoms with E-state index >= 15 is 0 Å². The molecule has 0 atom stereocenters. The highest BCUT2D eigenvalue weighted by Gasteiger charge is 2.16. The Hall–Kier alpha value is -1.85. The van der Waals surface area contributed by atoms with Gasteiger partial charge in [-0.15, -0.1) is 11.3 Å². The molecule has 0 bridgehead atoms. The molecule has 0 unspecified atom stereocenters. The molecule has 0 saturated carbocycles. The lowest BCUT2D eigenvalue weighted by Crippen LogP contribution is -2.44. The largest absolute Gasteiger partial charge is 0.369 e. The van der Waals surface area contributed by atoms with Crippen LogP contribution < -0.4 is 10.2 Å². The Kier molecular flexibility index (Phi) is 6.10. The fourth-order valence-electron chi connectivity index (χ4n) is 3.24. The van der Waals surface area contributed by atoms with E-state index in [9.17, 15) is 4.79 Å². The van der Waals surface area contributed by atoms with Crippen LogP contribution in [0.15, 0.2) is 35.7 Å².